The zero-order valence-electron chi connectivity index (χ0n) is 14.9. The molecule has 2 aromatic heterocycles. The number of amides is 1. The first-order valence-corrected chi connectivity index (χ1v) is 9.02. The van der Waals surface area contributed by atoms with Crippen molar-refractivity contribution in [1.29, 1.82) is 0 Å². The van der Waals surface area contributed by atoms with Crippen molar-refractivity contribution in [3.8, 4) is 11.3 Å². The van der Waals surface area contributed by atoms with Gasteiger partial charge in [0.25, 0.3) is 5.91 Å². The molecule has 1 N–H and O–H groups in total. The van der Waals surface area contributed by atoms with E-state index in [2.05, 4.69) is 20.2 Å². The number of aromatic nitrogens is 4. The maximum Gasteiger partial charge on any atom is 0.256 e. The highest BCUT2D eigenvalue weighted by Crippen LogP contribution is 2.29. The van der Waals surface area contributed by atoms with Crippen molar-refractivity contribution in [1.82, 2.24) is 25.1 Å². The zero-order chi connectivity index (χ0) is 19.1. The smallest absolute Gasteiger partial charge is 0.256 e. The van der Waals surface area contributed by atoms with Gasteiger partial charge in [0.2, 0.25) is 0 Å². The topological polar surface area (TPSA) is 74.8 Å². The van der Waals surface area contributed by atoms with Crippen LogP contribution in [-0.2, 0) is 13.0 Å². The Labute approximate surface area is 160 Å². The van der Waals surface area contributed by atoms with Crippen molar-refractivity contribution < 1.29 is 9.18 Å². The van der Waals surface area contributed by atoms with Crippen LogP contribution in [0.1, 0.15) is 21.6 Å². The molecule has 6 nitrogen and oxygen atoms in total. The van der Waals surface area contributed by atoms with Crippen LogP contribution in [0.3, 0.4) is 0 Å². The van der Waals surface area contributed by atoms with Gasteiger partial charge in [-0.1, -0.05) is 6.07 Å². The fourth-order valence-corrected chi connectivity index (χ4v) is 3.65. The fourth-order valence-electron chi connectivity index (χ4n) is 3.65. The molecule has 0 fully saturated rings. The molecule has 1 aliphatic rings. The van der Waals surface area contributed by atoms with E-state index in [9.17, 15) is 9.18 Å². The van der Waals surface area contributed by atoms with Crippen LogP contribution in [0.2, 0.25) is 0 Å². The molecular weight excluding hydrogens is 357 g/mol. The molecule has 1 amide bonds. The summed E-state index contributed by atoms with van der Waals surface area (Å²) in [5.74, 6) is -0.370. The third kappa shape index (κ3) is 2.72. The number of benzene rings is 2. The number of carbonyl (C=O) groups is 1. The van der Waals surface area contributed by atoms with Gasteiger partial charge >= 0.3 is 0 Å². The molecule has 2 aromatic carbocycles. The Kier molecular flexibility index (Phi) is 3.86. The molecule has 7 heteroatoms. The third-order valence-corrected chi connectivity index (χ3v) is 5.07. The molecular formula is C21H16FN5O. The lowest BCUT2D eigenvalue weighted by atomic mass is 10.00. The van der Waals surface area contributed by atoms with Crippen molar-refractivity contribution in [2.24, 2.45) is 0 Å². The molecule has 0 atom stereocenters. The van der Waals surface area contributed by atoms with E-state index < -0.39 is 0 Å². The molecule has 0 aliphatic carbocycles. The second kappa shape index (κ2) is 6.53. The van der Waals surface area contributed by atoms with E-state index in [1.165, 1.54) is 12.1 Å². The summed E-state index contributed by atoms with van der Waals surface area (Å²) < 4.78 is 13.3. The second-order valence-corrected chi connectivity index (χ2v) is 6.74. The predicted molar refractivity (Wildman–Crippen MR) is 102 cm³/mol. The summed E-state index contributed by atoms with van der Waals surface area (Å²) in [5.41, 5.74) is 5.40. The largest absolute Gasteiger partial charge is 0.334 e. The Morgan fingerprint density at radius 2 is 1.89 bits per heavy atom. The molecule has 4 aromatic rings. The van der Waals surface area contributed by atoms with Crippen LogP contribution in [0.15, 0.2) is 54.9 Å². The summed E-state index contributed by atoms with van der Waals surface area (Å²) in [7, 11) is 0. The van der Waals surface area contributed by atoms with Crippen LogP contribution in [0.25, 0.3) is 22.3 Å². The summed E-state index contributed by atoms with van der Waals surface area (Å²) in [6.45, 7) is 1.03. The minimum atomic E-state index is -0.290. The van der Waals surface area contributed by atoms with Crippen molar-refractivity contribution in [3.05, 3.63) is 77.5 Å². The Bertz CT molecular complexity index is 1180. The molecule has 5 rings (SSSR count). The molecule has 1 aliphatic heterocycles. The fraction of sp³-hybridized carbons (Fsp3) is 0.143. The number of hydrogen-bond acceptors (Lipinski definition) is 4. The number of hydrogen-bond donors (Lipinski definition) is 1. The number of aromatic amines is 1. The lowest BCUT2D eigenvalue weighted by Gasteiger charge is -2.27. The maximum absolute atomic E-state index is 13.3. The van der Waals surface area contributed by atoms with Crippen LogP contribution in [0.4, 0.5) is 4.39 Å². The Hall–Kier alpha value is -3.61. The van der Waals surface area contributed by atoms with Crippen molar-refractivity contribution >= 4 is 16.9 Å². The quantitative estimate of drug-likeness (QED) is 0.585. The first-order valence-electron chi connectivity index (χ1n) is 9.02. The number of H-pyrrole nitrogens is 1. The molecule has 3 heterocycles. The summed E-state index contributed by atoms with van der Waals surface area (Å²) >= 11 is 0. The monoisotopic (exact) mass is 373 g/mol. The second-order valence-electron chi connectivity index (χ2n) is 6.74. The van der Waals surface area contributed by atoms with E-state index in [4.69, 9.17) is 0 Å². The maximum atomic E-state index is 13.3. The van der Waals surface area contributed by atoms with Gasteiger partial charge in [-0.25, -0.2) is 4.39 Å². The molecule has 0 unspecified atom stereocenters. The highest BCUT2D eigenvalue weighted by atomic mass is 19.1. The Morgan fingerprint density at radius 1 is 1.07 bits per heavy atom. The molecule has 28 heavy (non-hydrogen) atoms. The van der Waals surface area contributed by atoms with E-state index in [-0.39, 0.29) is 11.7 Å². The molecule has 0 saturated carbocycles. The number of nitrogens with zero attached hydrogens (tertiary/aromatic N) is 4. The van der Waals surface area contributed by atoms with Gasteiger partial charge < -0.3 is 4.90 Å². The van der Waals surface area contributed by atoms with Crippen molar-refractivity contribution in [2.45, 2.75) is 13.0 Å². The highest BCUT2D eigenvalue weighted by Gasteiger charge is 2.27. The van der Waals surface area contributed by atoms with Gasteiger partial charge in [-0.15, -0.1) is 0 Å². The molecule has 0 spiro atoms. The van der Waals surface area contributed by atoms with Crippen LogP contribution in [0.5, 0.6) is 0 Å². The van der Waals surface area contributed by atoms with Crippen LogP contribution < -0.4 is 0 Å². The number of fused-ring (bicyclic) bond motifs is 2. The average molecular weight is 373 g/mol. The average Bonchev–Trinajstić information content (AvgIpc) is 3.16. The first kappa shape index (κ1) is 16.6. The van der Waals surface area contributed by atoms with Gasteiger partial charge in [-0.05, 0) is 36.4 Å². The number of carbonyl (C=O) groups excluding carboxylic acids is 1. The molecule has 0 saturated heterocycles. The van der Waals surface area contributed by atoms with Crippen LogP contribution >= 0.6 is 0 Å². The standard InChI is InChI=1S/C21H16FN5O/c22-14-6-4-13(5-7-14)19-16-12-27(11-8-17(16)25-26-19)21(28)15-2-1-3-18-20(15)24-10-9-23-18/h1-7,9-10H,8,11-12H2,(H,25,26). The normalized spacial score (nSPS) is 13.5. The van der Waals surface area contributed by atoms with E-state index >= 15 is 0 Å². The highest BCUT2D eigenvalue weighted by molar-refractivity contribution is 6.04. The van der Waals surface area contributed by atoms with E-state index in [1.807, 2.05) is 12.1 Å². The lowest BCUT2D eigenvalue weighted by molar-refractivity contribution is 0.0736. The SMILES string of the molecule is O=C(c1cccc2nccnc12)N1CCc2[nH]nc(-c3ccc(F)cc3)c2C1. The van der Waals surface area contributed by atoms with E-state index in [0.29, 0.717) is 36.1 Å². The Morgan fingerprint density at radius 3 is 2.75 bits per heavy atom. The van der Waals surface area contributed by atoms with Crippen LogP contribution in [0, 0.1) is 5.82 Å². The van der Waals surface area contributed by atoms with E-state index in [0.717, 1.165) is 22.5 Å². The summed E-state index contributed by atoms with van der Waals surface area (Å²) in [4.78, 5) is 23.6. The molecule has 0 bridgehead atoms. The van der Waals surface area contributed by atoms with Gasteiger partial charge in [-0.2, -0.15) is 5.10 Å². The first-order chi connectivity index (χ1) is 13.7. The van der Waals surface area contributed by atoms with Gasteiger partial charge in [-0.3, -0.25) is 19.9 Å². The minimum Gasteiger partial charge on any atom is -0.334 e. The number of nitrogens with one attached hydrogen (secondary N) is 1. The molecule has 138 valence electrons. The van der Waals surface area contributed by atoms with Gasteiger partial charge in [0.05, 0.1) is 16.8 Å². The summed E-state index contributed by atoms with van der Waals surface area (Å²) in [5, 5.41) is 7.47. The van der Waals surface area contributed by atoms with Crippen LogP contribution in [-0.4, -0.2) is 37.5 Å². The Balaban J connectivity index is 1.49. The van der Waals surface area contributed by atoms with E-state index in [1.54, 1.807) is 35.5 Å². The predicted octanol–water partition coefficient (Wildman–Crippen LogP) is 3.36. The minimum absolute atomic E-state index is 0.0805. The third-order valence-electron chi connectivity index (χ3n) is 5.07. The number of para-hydroxylation sites is 1. The van der Waals surface area contributed by atoms with Gasteiger partial charge in [0, 0.05) is 48.7 Å². The van der Waals surface area contributed by atoms with Gasteiger partial charge in [0.1, 0.15) is 11.3 Å². The van der Waals surface area contributed by atoms with Crippen molar-refractivity contribution in [2.75, 3.05) is 6.54 Å². The number of halogens is 1. The number of rotatable bonds is 2. The van der Waals surface area contributed by atoms with Gasteiger partial charge in [0.15, 0.2) is 0 Å². The van der Waals surface area contributed by atoms with Crippen molar-refractivity contribution in [3.63, 3.8) is 0 Å². The summed E-state index contributed by atoms with van der Waals surface area (Å²) in [6, 6.07) is 11.7. The molecule has 0 radical (unpaired) electrons. The summed E-state index contributed by atoms with van der Waals surface area (Å²) in [6.07, 6.45) is 3.89. The lowest BCUT2D eigenvalue weighted by Crippen LogP contribution is -2.36. The zero-order valence-corrected chi connectivity index (χ0v) is 14.9.